The minimum atomic E-state index is -0.0659. The molecule has 7 nitrogen and oxygen atoms in total. The Bertz CT molecular complexity index is 832. The Kier molecular flexibility index (Phi) is 5.64. The van der Waals surface area contributed by atoms with Gasteiger partial charge < -0.3 is 19.9 Å². The average Bonchev–Trinajstić information content (AvgIpc) is 3.49. The SMILES string of the molecule is CCCc1noc2nc(C3CC3)cc(C(=O)NCC3(COC)CCNCC3)c12. The molecule has 1 aliphatic heterocycles. The number of hydrogen-bond acceptors (Lipinski definition) is 6. The minimum absolute atomic E-state index is 0.0119. The van der Waals surface area contributed by atoms with Crippen molar-refractivity contribution in [2.24, 2.45) is 5.41 Å². The van der Waals surface area contributed by atoms with Gasteiger partial charge in [-0.1, -0.05) is 18.5 Å². The van der Waals surface area contributed by atoms with E-state index in [4.69, 9.17) is 9.26 Å². The van der Waals surface area contributed by atoms with E-state index in [-0.39, 0.29) is 11.3 Å². The van der Waals surface area contributed by atoms with E-state index in [9.17, 15) is 4.79 Å². The van der Waals surface area contributed by atoms with Crippen LogP contribution in [-0.4, -0.2) is 49.4 Å². The molecule has 1 aliphatic carbocycles. The number of fused-ring (bicyclic) bond motifs is 1. The Morgan fingerprint density at radius 2 is 2.18 bits per heavy atom. The molecule has 28 heavy (non-hydrogen) atoms. The van der Waals surface area contributed by atoms with Gasteiger partial charge in [0.25, 0.3) is 11.6 Å². The van der Waals surface area contributed by atoms with Crippen molar-refractivity contribution in [3.8, 4) is 0 Å². The van der Waals surface area contributed by atoms with Crippen molar-refractivity contribution in [1.82, 2.24) is 20.8 Å². The van der Waals surface area contributed by atoms with Crippen LogP contribution in [0.5, 0.6) is 0 Å². The number of nitrogens with one attached hydrogen (secondary N) is 2. The van der Waals surface area contributed by atoms with Gasteiger partial charge in [0.1, 0.15) is 0 Å². The molecule has 0 unspecified atom stereocenters. The van der Waals surface area contributed by atoms with Crippen LogP contribution < -0.4 is 10.6 Å². The van der Waals surface area contributed by atoms with Gasteiger partial charge >= 0.3 is 0 Å². The fraction of sp³-hybridized carbons (Fsp3) is 0.667. The first-order chi connectivity index (χ1) is 13.7. The van der Waals surface area contributed by atoms with Crippen LogP contribution in [0.25, 0.3) is 11.1 Å². The van der Waals surface area contributed by atoms with E-state index in [1.54, 1.807) is 7.11 Å². The monoisotopic (exact) mass is 386 g/mol. The highest BCUT2D eigenvalue weighted by Crippen LogP contribution is 2.40. The minimum Gasteiger partial charge on any atom is -0.384 e. The standard InChI is InChI=1S/C21H30N4O3/c1-3-4-16-18-15(11-17(14-5-6-14)24-20(18)28-25-16)19(26)23-12-21(13-27-2)7-9-22-10-8-21/h11,14,22H,3-10,12-13H2,1-2H3,(H,23,26). The normalized spacial score (nSPS) is 19.1. The zero-order chi connectivity index (χ0) is 19.6. The van der Waals surface area contributed by atoms with Crippen LogP contribution in [0.1, 0.15) is 66.7 Å². The molecule has 0 atom stereocenters. The first-order valence-corrected chi connectivity index (χ1v) is 10.4. The van der Waals surface area contributed by atoms with Crippen LogP contribution in [0, 0.1) is 5.41 Å². The van der Waals surface area contributed by atoms with Gasteiger partial charge in [-0.2, -0.15) is 0 Å². The molecule has 2 fully saturated rings. The van der Waals surface area contributed by atoms with Gasteiger partial charge in [-0.25, -0.2) is 4.98 Å². The molecule has 1 saturated carbocycles. The van der Waals surface area contributed by atoms with Gasteiger partial charge in [-0.05, 0) is 51.3 Å². The predicted octanol–water partition coefficient (Wildman–Crippen LogP) is 2.80. The molecule has 0 bridgehead atoms. The molecule has 2 aromatic heterocycles. The lowest BCUT2D eigenvalue weighted by atomic mass is 9.79. The molecule has 7 heteroatoms. The third-order valence-electron chi connectivity index (χ3n) is 6.00. The first kappa shape index (κ1) is 19.3. The lowest BCUT2D eigenvalue weighted by Crippen LogP contribution is -2.47. The summed E-state index contributed by atoms with van der Waals surface area (Å²) in [7, 11) is 1.73. The summed E-state index contributed by atoms with van der Waals surface area (Å²) in [6.45, 7) is 5.27. The molecule has 2 aromatic rings. The summed E-state index contributed by atoms with van der Waals surface area (Å²) in [5.41, 5.74) is 2.91. The third kappa shape index (κ3) is 3.91. The third-order valence-corrected chi connectivity index (χ3v) is 6.00. The van der Waals surface area contributed by atoms with Gasteiger partial charge in [-0.15, -0.1) is 0 Å². The highest BCUT2D eigenvalue weighted by atomic mass is 16.5. The molecular formula is C21H30N4O3. The molecule has 0 aromatic carbocycles. The smallest absolute Gasteiger partial charge is 0.259 e. The second-order valence-corrected chi connectivity index (χ2v) is 8.29. The number of pyridine rings is 1. The largest absolute Gasteiger partial charge is 0.384 e. The highest BCUT2D eigenvalue weighted by Gasteiger charge is 2.34. The topological polar surface area (TPSA) is 89.3 Å². The Balaban J connectivity index is 1.61. The number of hydrogen-bond donors (Lipinski definition) is 2. The summed E-state index contributed by atoms with van der Waals surface area (Å²) in [6, 6.07) is 1.96. The summed E-state index contributed by atoms with van der Waals surface area (Å²) < 4.78 is 11.0. The molecule has 2 aliphatic rings. The van der Waals surface area contributed by atoms with Crippen molar-refractivity contribution in [2.75, 3.05) is 33.4 Å². The molecule has 1 amide bonds. The van der Waals surface area contributed by atoms with Crippen LogP contribution in [0.2, 0.25) is 0 Å². The number of carbonyl (C=O) groups excluding carboxylic acids is 1. The van der Waals surface area contributed by atoms with Crippen LogP contribution in [-0.2, 0) is 11.2 Å². The molecule has 1 saturated heterocycles. The van der Waals surface area contributed by atoms with Gasteiger partial charge in [0.05, 0.1) is 23.3 Å². The van der Waals surface area contributed by atoms with Crippen molar-refractivity contribution in [3.05, 3.63) is 23.0 Å². The van der Waals surface area contributed by atoms with Crippen LogP contribution in [0.4, 0.5) is 0 Å². The number of aromatic nitrogens is 2. The second-order valence-electron chi connectivity index (χ2n) is 8.29. The maximum absolute atomic E-state index is 13.2. The zero-order valence-corrected chi connectivity index (χ0v) is 16.8. The van der Waals surface area contributed by atoms with E-state index in [2.05, 4.69) is 27.7 Å². The first-order valence-electron chi connectivity index (χ1n) is 10.4. The van der Waals surface area contributed by atoms with E-state index in [0.29, 0.717) is 30.3 Å². The summed E-state index contributed by atoms with van der Waals surface area (Å²) in [5.74, 6) is 0.379. The second kappa shape index (κ2) is 8.17. The van der Waals surface area contributed by atoms with Crippen LogP contribution in [0.15, 0.2) is 10.6 Å². The molecule has 3 heterocycles. The van der Waals surface area contributed by atoms with Crippen molar-refractivity contribution < 1.29 is 14.1 Å². The lowest BCUT2D eigenvalue weighted by Gasteiger charge is -2.37. The zero-order valence-electron chi connectivity index (χ0n) is 16.8. The Morgan fingerprint density at radius 1 is 1.39 bits per heavy atom. The van der Waals surface area contributed by atoms with Gasteiger partial charge in [0.15, 0.2) is 0 Å². The van der Waals surface area contributed by atoms with E-state index in [1.807, 2.05) is 6.07 Å². The van der Waals surface area contributed by atoms with Crippen LogP contribution >= 0.6 is 0 Å². The molecule has 4 rings (SSSR count). The number of carbonyl (C=O) groups is 1. The predicted molar refractivity (Wildman–Crippen MR) is 107 cm³/mol. The summed E-state index contributed by atoms with van der Waals surface area (Å²) >= 11 is 0. The van der Waals surface area contributed by atoms with E-state index in [1.165, 1.54) is 0 Å². The van der Waals surface area contributed by atoms with E-state index < -0.39 is 0 Å². The summed E-state index contributed by atoms with van der Waals surface area (Å²) in [4.78, 5) is 17.9. The fourth-order valence-corrected chi connectivity index (χ4v) is 4.20. The van der Waals surface area contributed by atoms with Crippen molar-refractivity contribution in [3.63, 3.8) is 0 Å². The quantitative estimate of drug-likeness (QED) is 0.725. The number of aryl methyl sites for hydroxylation is 1. The lowest BCUT2D eigenvalue weighted by molar-refractivity contribution is 0.0512. The number of amides is 1. The Morgan fingerprint density at radius 3 is 2.86 bits per heavy atom. The highest BCUT2D eigenvalue weighted by molar-refractivity contribution is 6.06. The Labute approximate surface area is 165 Å². The summed E-state index contributed by atoms with van der Waals surface area (Å²) in [5, 5.41) is 11.5. The van der Waals surface area contributed by atoms with E-state index >= 15 is 0 Å². The summed E-state index contributed by atoms with van der Waals surface area (Å²) in [6.07, 6.45) is 5.95. The molecular weight excluding hydrogens is 356 g/mol. The molecule has 0 spiro atoms. The van der Waals surface area contributed by atoms with Crippen LogP contribution in [0.3, 0.4) is 0 Å². The van der Waals surface area contributed by atoms with Gasteiger partial charge in [-0.3, -0.25) is 4.79 Å². The number of nitrogens with zero attached hydrogens (tertiary/aromatic N) is 2. The fourth-order valence-electron chi connectivity index (χ4n) is 4.20. The van der Waals surface area contributed by atoms with Crippen molar-refractivity contribution in [2.45, 2.75) is 51.4 Å². The van der Waals surface area contributed by atoms with E-state index in [0.717, 1.165) is 68.4 Å². The van der Waals surface area contributed by atoms with Gasteiger partial charge in [0.2, 0.25) is 0 Å². The molecule has 2 N–H and O–H groups in total. The number of ether oxygens (including phenoxy) is 1. The molecule has 0 radical (unpaired) electrons. The Hall–Kier alpha value is -1.99. The average molecular weight is 386 g/mol. The number of methoxy groups -OCH3 is 1. The van der Waals surface area contributed by atoms with Crippen molar-refractivity contribution >= 4 is 17.0 Å². The van der Waals surface area contributed by atoms with Gasteiger partial charge in [0, 0.05) is 30.7 Å². The number of piperidine rings is 1. The maximum Gasteiger partial charge on any atom is 0.259 e. The maximum atomic E-state index is 13.2. The molecule has 152 valence electrons. The number of rotatable bonds is 8. The van der Waals surface area contributed by atoms with Crippen molar-refractivity contribution in [1.29, 1.82) is 0 Å².